The summed E-state index contributed by atoms with van der Waals surface area (Å²) in [5, 5.41) is 3.96. The molecule has 3 heteroatoms. The second-order valence-corrected chi connectivity index (χ2v) is 6.91. The van der Waals surface area contributed by atoms with E-state index < -0.39 is 0 Å². The first-order chi connectivity index (χ1) is 9.27. The maximum atomic E-state index is 6.03. The normalized spacial score (nSPS) is 44.4. The van der Waals surface area contributed by atoms with Gasteiger partial charge in [0.25, 0.3) is 0 Å². The van der Waals surface area contributed by atoms with Crippen LogP contribution in [0.15, 0.2) is 0 Å². The zero-order chi connectivity index (χ0) is 13.1. The summed E-state index contributed by atoms with van der Waals surface area (Å²) in [6, 6.07) is 1.37. The fraction of sp³-hybridized carbons (Fsp3) is 1.00. The van der Waals surface area contributed by atoms with E-state index in [1.54, 1.807) is 0 Å². The van der Waals surface area contributed by atoms with Crippen molar-refractivity contribution >= 4 is 0 Å². The van der Waals surface area contributed by atoms with Gasteiger partial charge >= 0.3 is 0 Å². The molecular formula is C16H29NO2. The van der Waals surface area contributed by atoms with Gasteiger partial charge in [0, 0.05) is 31.7 Å². The van der Waals surface area contributed by atoms with Gasteiger partial charge in [-0.3, -0.25) is 0 Å². The Morgan fingerprint density at radius 2 is 1.95 bits per heavy atom. The van der Waals surface area contributed by atoms with Gasteiger partial charge in [0.05, 0.1) is 12.2 Å². The molecule has 0 aromatic carbocycles. The third-order valence-electron chi connectivity index (χ3n) is 5.37. The number of ether oxygens (including phenoxy) is 2. The molecule has 3 aliphatic rings. The van der Waals surface area contributed by atoms with E-state index in [2.05, 4.69) is 12.2 Å². The van der Waals surface area contributed by atoms with Crippen LogP contribution in [0.2, 0.25) is 0 Å². The molecule has 3 nitrogen and oxygen atoms in total. The standard InChI is InChI=1S/C16H29NO2/c1-13-5-3-2-4-6-15(13)17-14-7-9-19-16(11-14)8-10-18-12-16/h13-15,17H,2-12H2,1H3. The van der Waals surface area contributed by atoms with Crippen molar-refractivity contribution in [3.8, 4) is 0 Å². The Morgan fingerprint density at radius 1 is 1.05 bits per heavy atom. The van der Waals surface area contributed by atoms with Crippen LogP contribution in [0.3, 0.4) is 0 Å². The van der Waals surface area contributed by atoms with E-state index in [4.69, 9.17) is 9.47 Å². The molecule has 0 aromatic rings. The highest BCUT2D eigenvalue weighted by atomic mass is 16.6. The summed E-state index contributed by atoms with van der Waals surface area (Å²) in [5.74, 6) is 0.834. The Morgan fingerprint density at radius 3 is 2.79 bits per heavy atom. The lowest BCUT2D eigenvalue weighted by Crippen LogP contribution is -2.51. The Labute approximate surface area is 117 Å². The Kier molecular flexibility index (Phi) is 4.45. The molecule has 1 aliphatic carbocycles. The van der Waals surface area contributed by atoms with Gasteiger partial charge in [0.1, 0.15) is 0 Å². The number of rotatable bonds is 2. The van der Waals surface area contributed by atoms with Gasteiger partial charge in [-0.15, -0.1) is 0 Å². The van der Waals surface area contributed by atoms with Crippen LogP contribution in [0.5, 0.6) is 0 Å². The Bertz CT molecular complexity index is 288. The van der Waals surface area contributed by atoms with Crippen LogP contribution in [-0.2, 0) is 9.47 Å². The fourth-order valence-corrected chi connectivity index (χ4v) is 4.08. The minimum atomic E-state index is 0.0455. The predicted molar refractivity (Wildman–Crippen MR) is 76.3 cm³/mol. The molecule has 4 unspecified atom stereocenters. The SMILES string of the molecule is CC1CCCCCC1NC1CCOC2(CCOC2)C1. The molecular weight excluding hydrogens is 238 g/mol. The second kappa shape index (κ2) is 6.11. The van der Waals surface area contributed by atoms with Gasteiger partial charge < -0.3 is 14.8 Å². The van der Waals surface area contributed by atoms with Crippen molar-refractivity contribution in [1.82, 2.24) is 5.32 Å². The van der Waals surface area contributed by atoms with E-state index in [0.717, 1.165) is 44.6 Å². The molecule has 0 amide bonds. The molecule has 19 heavy (non-hydrogen) atoms. The van der Waals surface area contributed by atoms with Crippen LogP contribution in [0, 0.1) is 5.92 Å². The van der Waals surface area contributed by atoms with E-state index in [1.165, 1.54) is 38.5 Å². The first-order valence-electron chi connectivity index (χ1n) is 8.25. The van der Waals surface area contributed by atoms with Crippen molar-refractivity contribution in [2.24, 2.45) is 5.92 Å². The average Bonchev–Trinajstić information content (AvgIpc) is 2.75. The van der Waals surface area contributed by atoms with Crippen LogP contribution in [0.4, 0.5) is 0 Å². The van der Waals surface area contributed by atoms with Crippen molar-refractivity contribution < 1.29 is 9.47 Å². The first kappa shape index (κ1) is 13.8. The zero-order valence-electron chi connectivity index (χ0n) is 12.3. The lowest BCUT2D eigenvalue weighted by molar-refractivity contribution is -0.0909. The van der Waals surface area contributed by atoms with Gasteiger partial charge in [-0.2, -0.15) is 0 Å². The summed E-state index contributed by atoms with van der Waals surface area (Å²) in [4.78, 5) is 0. The lowest BCUT2D eigenvalue weighted by atomic mass is 9.88. The third-order valence-corrected chi connectivity index (χ3v) is 5.37. The highest BCUT2D eigenvalue weighted by Crippen LogP contribution is 2.34. The Balaban J connectivity index is 1.56. The van der Waals surface area contributed by atoms with Gasteiger partial charge in [-0.05, 0) is 31.6 Å². The molecule has 0 radical (unpaired) electrons. The van der Waals surface area contributed by atoms with E-state index in [0.29, 0.717) is 6.04 Å². The van der Waals surface area contributed by atoms with Crippen LogP contribution >= 0.6 is 0 Å². The number of nitrogens with one attached hydrogen (secondary N) is 1. The van der Waals surface area contributed by atoms with Crippen molar-refractivity contribution in [3.05, 3.63) is 0 Å². The van der Waals surface area contributed by atoms with E-state index in [1.807, 2.05) is 0 Å². The fourth-order valence-electron chi connectivity index (χ4n) is 4.08. The van der Waals surface area contributed by atoms with Crippen molar-refractivity contribution in [1.29, 1.82) is 0 Å². The lowest BCUT2D eigenvalue weighted by Gasteiger charge is -2.39. The molecule has 2 heterocycles. The minimum Gasteiger partial charge on any atom is -0.378 e. The molecule has 1 N–H and O–H groups in total. The van der Waals surface area contributed by atoms with Gasteiger partial charge in [0.2, 0.25) is 0 Å². The number of hydrogen-bond donors (Lipinski definition) is 1. The summed E-state index contributed by atoms with van der Waals surface area (Å²) < 4.78 is 11.6. The largest absolute Gasteiger partial charge is 0.378 e. The van der Waals surface area contributed by atoms with E-state index >= 15 is 0 Å². The van der Waals surface area contributed by atoms with Crippen molar-refractivity contribution in [2.75, 3.05) is 19.8 Å². The molecule has 3 rings (SSSR count). The summed E-state index contributed by atoms with van der Waals surface area (Å²) in [6.07, 6.45) is 10.4. The molecule has 2 saturated heterocycles. The maximum Gasteiger partial charge on any atom is 0.0951 e. The maximum absolute atomic E-state index is 6.03. The van der Waals surface area contributed by atoms with Crippen molar-refractivity contribution in [2.45, 2.75) is 76.0 Å². The molecule has 0 aromatic heterocycles. The van der Waals surface area contributed by atoms with Crippen LogP contribution < -0.4 is 5.32 Å². The third kappa shape index (κ3) is 3.32. The summed E-state index contributed by atoms with van der Waals surface area (Å²) in [5.41, 5.74) is 0.0455. The van der Waals surface area contributed by atoms with Gasteiger partial charge in [-0.1, -0.05) is 26.2 Å². The smallest absolute Gasteiger partial charge is 0.0951 e. The van der Waals surface area contributed by atoms with E-state index in [9.17, 15) is 0 Å². The molecule has 1 saturated carbocycles. The molecule has 110 valence electrons. The Hall–Kier alpha value is -0.120. The second-order valence-electron chi connectivity index (χ2n) is 6.91. The van der Waals surface area contributed by atoms with Gasteiger partial charge in [-0.25, -0.2) is 0 Å². The molecule has 0 bridgehead atoms. The van der Waals surface area contributed by atoms with Crippen molar-refractivity contribution in [3.63, 3.8) is 0 Å². The number of hydrogen-bond acceptors (Lipinski definition) is 3. The highest BCUT2D eigenvalue weighted by Gasteiger charge is 2.41. The monoisotopic (exact) mass is 267 g/mol. The topological polar surface area (TPSA) is 30.5 Å². The van der Waals surface area contributed by atoms with Crippen LogP contribution in [-0.4, -0.2) is 37.5 Å². The molecule has 1 spiro atoms. The molecule has 3 fully saturated rings. The molecule has 4 atom stereocenters. The summed E-state index contributed by atoms with van der Waals surface area (Å²) >= 11 is 0. The van der Waals surface area contributed by atoms with Crippen LogP contribution in [0.1, 0.15) is 58.3 Å². The predicted octanol–water partition coefficient (Wildman–Crippen LogP) is 2.88. The highest BCUT2D eigenvalue weighted by molar-refractivity contribution is 4.94. The summed E-state index contributed by atoms with van der Waals surface area (Å²) in [7, 11) is 0. The quantitative estimate of drug-likeness (QED) is 0.780. The summed E-state index contributed by atoms with van der Waals surface area (Å²) in [6.45, 7) is 5.02. The van der Waals surface area contributed by atoms with Gasteiger partial charge in [0.15, 0.2) is 0 Å². The molecule has 2 aliphatic heterocycles. The van der Waals surface area contributed by atoms with E-state index in [-0.39, 0.29) is 5.60 Å². The van der Waals surface area contributed by atoms with Crippen LogP contribution in [0.25, 0.3) is 0 Å². The minimum absolute atomic E-state index is 0.0455. The zero-order valence-corrected chi connectivity index (χ0v) is 12.3. The average molecular weight is 267 g/mol. The first-order valence-corrected chi connectivity index (χ1v) is 8.25.